The first-order valence-electron chi connectivity index (χ1n) is 4.88. The molecule has 0 aliphatic heterocycles. The van der Waals surface area contributed by atoms with Gasteiger partial charge >= 0.3 is 6.18 Å². The minimum atomic E-state index is -4.33. The molecule has 0 amide bonds. The lowest BCUT2D eigenvalue weighted by atomic mass is 10.0. The molecular formula is C12H9F3O. The highest BCUT2D eigenvalue weighted by molar-refractivity contribution is 6.01. The van der Waals surface area contributed by atoms with Crippen molar-refractivity contribution < 1.29 is 18.0 Å². The van der Waals surface area contributed by atoms with Crippen LogP contribution < -0.4 is 0 Å². The van der Waals surface area contributed by atoms with E-state index in [1.54, 1.807) is 6.07 Å². The molecule has 0 fully saturated rings. The maximum absolute atomic E-state index is 12.4. The zero-order chi connectivity index (χ0) is 11.8. The lowest BCUT2D eigenvalue weighted by Crippen LogP contribution is -2.04. The first kappa shape index (κ1) is 10.9. The monoisotopic (exact) mass is 226 g/mol. The number of allylic oxidation sites excluding steroid dienone is 2. The molecule has 1 aromatic rings. The number of rotatable bonds is 1. The summed E-state index contributed by atoms with van der Waals surface area (Å²) in [6.07, 6.45) is -1.99. The van der Waals surface area contributed by atoms with Gasteiger partial charge in [0.1, 0.15) is 0 Å². The summed E-state index contributed by atoms with van der Waals surface area (Å²) in [6.45, 7) is 0. The second kappa shape index (κ2) is 3.77. The number of carbonyl (C=O) groups excluding carboxylic acids is 1. The standard InChI is InChI=1S/C12H9F3O/c13-12(14,15)10-3-1-2-8(6-10)9-4-5-11(16)7-9/h1-3,6-7H,4-5H2. The number of benzene rings is 1. The van der Waals surface area contributed by atoms with Crippen LogP contribution in [0.15, 0.2) is 30.3 Å². The molecule has 0 radical (unpaired) electrons. The van der Waals surface area contributed by atoms with Crippen molar-refractivity contribution in [2.45, 2.75) is 19.0 Å². The fourth-order valence-corrected chi connectivity index (χ4v) is 1.72. The van der Waals surface area contributed by atoms with E-state index in [2.05, 4.69) is 0 Å². The van der Waals surface area contributed by atoms with Crippen LogP contribution >= 0.6 is 0 Å². The van der Waals surface area contributed by atoms with E-state index in [1.165, 1.54) is 12.1 Å². The van der Waals surface area contributed by atoms with E-state index in [0.717, 1.165) is 12.1 Å². The Hall–Kier alpha value is -1.58. The second-order valence-corrected chi connectivity index (χ2v) is 3.71. The fourth-order valence-electron chi connectivity index (χ4n) is 1.72. The molecule has 1 nitrogen and oxygen atoms in total. The predicted octanol–water partition coefficient (Wildman–Crippen LogP) is 3.45. The summed E-state index contributed by atoms with van der Waals surface area (Å²) in [5, 5.41) is 0. The molecule has 0 bridgehead atoms. The SMILES string of the molecule is O=C1C=C(c2cccc(C(F)(F)F)c2)CC1. The van der Waals surface area contributed by atoms with Gasteiger partial charge in [-0.2, -0.15) is 13.2 Å². The highest BCUT2D eigenvalue weighted by atomic mass is 19.4. The minimum Gasteiger partial charge on any atom is -0.295 e. The van der Waals surface area contributed by atoms with Gasteiger partial charge in [0, 0.05) is 6.42 Å². The third-order valence-corrected chi connectivity index (χ3v) is 2.54. The molecule has 16 heavy (non-hydrogen) atoms. The van der Waals surface area contributed by atoms with Gasteiger partial charge in [-0.15, -0.1) is 0 Å². The van der Waals surface area contributed by atoms with Crippen LogP contribution in [0.5, 0.6) is 0 Å². The number of halogens is 3. The maximum Gasteiger partial charge on any atom is 0.416 e. The van der Waals surface area contributed by atoms with Gasteiger partial charge in [0.05, 0.1) is 5.56 Å². The summed E-state index contributed by atoms with van der Waals surface area (Å²) in [5.74, 6) is -0.0209. The van der Waals surface area contributed by atoms with Crippen LogP contribution in [0, 0.1) is 0 Å². The van der Waals surface area contributed by atoms with Crippen molar-refractivity contribution in [2.24, 2.45) is 0 Å². The van der Waals surface area contributed by atoms with E-state index in [4.69, 9.17) is 0 Å². The summed E-state index contributed by atoms with van der Waals surface area (Å²) >= 11 is 0. The van der Waals surface area contributed by atoms with E-state index < -0.39 is 11.7 Å². The summed E-state index contributed by atoms with van der Waals surface area (Å²) in [6, 6.07) is 5.08. The third-order valence-electron chi connectivity index (χ3n) is 2.54. The van der Waals surface area contributed by atoms with Crippen LogP contribution in [0.4, 0.5) is 13.2 Å². The van der Waals surface area contributed by atoms with Crippen molar-refractivity contribution in [3.05, 3.63) is 41.5 Å². The van der Waals surface area contributed by atoms with Crippen LogP contribution in [-0.4, -0.2) is 5.78 Å². The zero-order valence-electron chi connectivity index (χ0n) is 8.34. The molecule has 0 aromatic heterocycles. The van der Waals surface area contributed by atoms with Crippen molar-refractivity contribution in [2.75, 3.05) is 0 Å². The molecule has 84 valence electrons. The quantitative estimate of drug-likeness (QED) is 0.716. The van der Waals surface area contributed by atoms with E-state index in [-0.39, 0.29) is 5.78 Å². The van der Waals surface area contributed by atoms with Crippen molar-refractivity contribution in [1.29, 1.82) is 0 Å². The molecule has 0 unspecified atom stereocenters. The molecule has 0 saturated heterocycles. The van der Waals surface area contributed by atoms with Crippen molar-refractivity contribution >= 4 is 11.4 Å². The molecule has 0 heterocycles. The van der Waals surface area contributed by atoms with Gasteiger partial charge in [-0.05, 0) is 35.8 Å². The molecule has 0 atom stereocenters. The van der Waals surface area contributed by atoms with Crippen molar-refractivity contribution in [3.8, 4) is 0 Å². The topological polar surface area (TPSA) is 17.1 Å². The summed E-state index contributed by atoms with van der Waals surface area (Å²) in [4.78, 5) is 11.0. The molecule has 1 aliphatic carbocycles. The Morgan fingerprint density at radius 2 is 1.88 bits per heavy atom. The van der Waals surface area contributed by atoms with E-state index in [9.17, 15) is 18.0 Å². The summed E-state index contributed by atoms with van der Waals surface area (Å²) in [5.41, 5.74) is 0.502. The number of hydrogen-bond donors (Lipinski definition) is 0. The Kier molecular flexibility index (Phi) is 2.58. The average Bonchev–Trinajstić information content (AvgIpc) is 2.64. The Morgan fingerprint density at radius 3 is 2.44 bits per heavy atom. The Bertz CT molecular complexity index is 458. The Labute approximate surface area is 90.6 Å². The van der Waals surface area contributed by atoms with Crippen molar-refractivity contribution in [1.82, 2.24) is 0 Å². The molecule has 0 N–H and O–H groups in total. The van der Waals surface area contributed by atoms with Crippen LogP contribution in [0.3, 0.4) is 0 Å². The zero-order valence-corrected chi connectivity index (χ0v) is 8.34. The number of alkyl halides is 3. The lowest BCUT2D eigenvalue weighted by Gasteiger charge is -2.08. The molecule has 1 aromatic carbocycles. The van der Waals surface area contributed by atoms with Gasteiger partial charge in [-0.3, -0.25) is 4.79 Å². The van der Waals surface area contributed by atoms with Crippen LogP contribution in [-0.2, 0) is 11.0 Å². The number of ketones is 1. The highest BCUT2D eigenvalue weighted by Crippen LogP contribution is 2.33. The molecule has 2 rings (SSSR count). The van der Waals surface area contributed by atoms with E-state index >= 15 is 0 Å². The Morgan fingerprint density at radius 1 is 1.12 bits per heavy atom. The van der Waals surface area contributed by atoms with E-state index in [1.807, 2.05) is 0 Å². The average molecular weight is 226 g/mol. The molecule has 1 aliphatic rings. The highest BCUT2D eigenvalue weighted by Gasteiger charge is 2.30. The van der Waals surface area contributed by atoms with Gasteiger partial charge in [0.25, 0.3) is 0 Å². The normalized spacial score (nSPS) is 16.4. The van der Waals surface area contributed by atoms with Crippen LogP contribution in [0.1, 0.15) is 24.0 Å². The maximum atomic E-state index is 12.4. The second-order valence-electron chi connectivity index (χ2n) is 3.71. The van der Waals surface area contributed by atoms with Gasteiger partial charge < -0.3 is 0 Å². The third kappa shape index (κ3) is 2.15. The summed E-state index contributed by atoms with van der Waals surface area (Å²) in [7, 11) is 0. The number of hydrogen-bond acceptors (Lipinski definition) is 1. The van der Waals surface area contributed by atoms with Gasteiger partial charge in [-0.1, -0.05) is 12.1 Å². The number of carbonyl (C=O) groups is 1. The van der Waals surface area contributed by atoms with Crippen LogP contribution in [0.2, 0.25) is 0 Å². The molecule has 0 saturated carbocycles. The molecule has 0 spiro atoms. The summed E-state index contributed by atoms with van der Waals surface area (Å²) < 4.78 is 37.3. The van der Waals surface area contributed by atoms with Crippen molar-refractivity contribution in [3.63, 3.8) is 0 Å². The Balaban J connectivity index is 2.37. The largest absolute Gasteiger partial charge is 0.416 e. The lowest BCUT2D eigenvalue weighted by molar-refractivity contribution is -0.137. The predicted molar refractivity (Wildman–Crippen MR) is 53.7 cm³/mol. The molecular weight excluding hydrogens is 217 g/mol. The first-order valence-corrected chi connectivity index (χ1v) is 4.88. The minimum absolute atomic E-state index is 0.0209. The smallest absolute Gasteiger partial charge is 0.295 e. The fraction of sp³-hybridized carbons (Fsp3) is 0.250. The van der Waals surface area contributed by atoms with Gasteiger partial charge in [-0.25, -0.2) is 0 Å². The first-order chi connectivity index (χ1) is 7.47. The molecule has 4 heteroatoms. The van der Waals surface area contributed by atoms with Gasteiger partial charge in [0.15, 0.2) is 5.78 Å². The van der Waals surface area contributed by atoms with Crippen LogP contribution in [0.25, 0.3) is 5.57 Å². The van der Waals surface area contributed by atoms with Gasteiger partial charge in [0.2, 0.25) is 0 Å². The van der Waals surface area contributed by atoms with E-state index in [0.29, 0.717) is 24.0 Å².